The first-order chi connectivity index (χ1) is 40.0. The molecule has 2 fully saturated rings. The Labute approximate surface area is 493 Å². The number of likely N-dealkylation sites (tertiary alicyclic amines) is 1. The molecule has 0 bridgehead atoms. The Morgan fingerprint density at radius 2 is 1.00 bits per heavy atom. The van der Waals surface area contributed by atoms with E-state index in [4.69, 9.17) is 24.2 Å². The minimum absolute atomic E-state index is 0.119. The third kappa shape index (κ3) is 12.1. The summed E-state index contributed by atoms with van der Waals surface area (Å²) < 4.78 is 22.7. The Hall–Kier alpha value is -7.54. The summed E-state index contributed by atoms with van der Waals surface area (Å²) in [5.74, 6) is -0.283. The minimum Gasteiger partial charge on any atom is -0.479 e. The number of hydrogen-bond acceptors (Lipinski definition) is 14. The van der Waals surface area contributed by atoms with Gasteiger partial charge in [-0.05, 0) is 168 Å². The highest BCUT2D eigenvalue weighted by molar-refractivity contribution is 6.10. The van der Waals surface area contributed by atoms with Crippen LogP contribution in [0.4, 0.5) is 23.3 Å². The van der Waals surface area contributed by atoms with E-state index in [2.05, 4.69) is 127 Å². The fraction of sp³-hybridized carbons (Fsp3) is 0.433. The maximum absolute atomic E-state index is 13.4. The standard InChI is InChI=1S/C33H39N5O3.C31H36N4O4.C3H7N/c1-20-8-10-24(11-9-20)27-25-16-21(2)37-14-15-38(32-34-17-23(18-35-32)19-36-12-7-13-36)28(29(25)37)22(3)26(27)30(31(39)40)41-33(4,5)6;1-18-8-10-22(11-9-18)25-23-14-19(2)34-12-13-35(30-32-15-21(17-36)16-33-30)26(27(23)34)20(3)24(25)28(29(37)38-7)39-31(4,5)6;1-2-4-3-1/h8-11,16-18,30H,7,12-15,19H2,1-6H3,(H,39,40);8-11,14-16,28,36H,12-13,17H2,1-7H3;4H,1-3H2/t30-;28-;/m00./s1. The molecule has 2 saturated heterocycles. The molecule has 442 valence electrons. The molecule has 0 amide bonds. The first-order valence-electron chi connectivity index (χ1n) is 29.4. The molecular formula is C67H82N10O7. The van der Waals surface area contributed by atoms with Crippen LogP contribution in [0, 0.1) is 41.5 Å². The number of carboxylic acids is 1. The third-order valence-corrected chi connectivity index (χ3v) is 16.2. The maximum Gasteiger partial charge on any atom is 0.339 e. The number of nitrogens with zero attached hydrogens (tertiary/aromatic N) is 9. The lowest BCUT2D eigenvalue weighted by Crippen LogP contribution is -2.36. The predicted molar refractivity (Wildman–Crippen MR) is 331 cm³/mol. The van der Waals surface area contributed by atoms with Crippen LogP contribution in [0.2, 0.25) is 0 Å². The normalized spacial score (nSPS) is 15.6. The molecule has 4 aromatic carbocycles. The van der Waals surface area contributed by atoms with Crippen LogP contribution < -0.4 is 15.1 Å². The van der Waals surface area contributed by atoms with Gasteiger partial charge in [-0.25, -0.2) is 29.5 Å². The summed E-state index contributed by atoms with van der Waals surface area (Å²) >= 11 is 0. The van der Waals surface area contributed by atoms with Crippen LogP contribution >= 0.6 is 0 Å². The lowest BCUT2D eigenvalue weighted by molar-refractivity contribution is -0.164. The van der Waals surface area contributed by atoms with Crippen molar-refractivity contribution >= 4 is 57.0 Å². The predicted octanol–water partition coefficient (Wildman–Crippen LogP) is 12.0. The van der Waals surface area contributed by atoms with Crippen LogP contribution in [0.1, 0.15) is 122 Å². The molecule has 84 heavy (non-hydrogen) atoms. The topological polar surface area (TPSA) is 185 Å². The van der Waals surface area contributed by atoms with Crippen molar-refractivity contribution in [3.8, 4) is 22.3 Å². The molecular weight excluding hydrogens is 1060 g/mol. The average molecular weight is 1140 g/mol. The average Bonchev–Trinajstić information content (AvgIpc) is 1.62. The third-order valence-electron chi connectivity index (χ3n) is 16.2. The van der Waals surface area contributed by atoms with E-state index >= 15 is 0 Å². The van der Waals surface area contributed by atoms with Gasteiger partial charge < -0.3 is 48.7 Å². The highest BCUT2D eigenvalue weighted by Crippen LogP contribution is 2.51. The highest BCUT2D eigenvalue weighted by atomic mass is 16.6. The molecule has 12 rings (SSSR count). The zero-order valence-electron chi connectivity index (χ0n) is 51.2. The van der Waals surface area contributed by atoms with Crippen LogP contribution in [0.3, 0.4) is 0 Å². The van der Waals surface area contributed by atoms with E-state index in [9.17, 15) is 19.8 Å². The molecule has 8 aromatic rings. The van der Waals surface area contributed by atoms with Gasteiger partial charge in [0.05, 0.1) is 47.3 Å². The summed E-state index contributed by atoms with van der Waals surface area (Å²) in [5.41, 5.74) is 16.2. The van der Waals surface area contributed by atoms with E-state index in [0.29, 0.717) is 36.1 Å². The highest BCUT2D eigenvalue weighted by Gasteiger charge is 2.39. The number of aryl methyl sites for hydroxylation is 4. The van der Waals surface area contributed by atoms with E-state index in [0.717, 1.165) is 133 Å². The SMILES string of the molecule is C1CNC1.COC(=O)[C@@H](OC(C)(C)C)c1c(C)c2c3c(cc(C)n3CCN2c2ncc(CO)cn2)c1-c1ccc(C)cc1.Cc1ccc(-c2c([C@H](OC(C)(C)C)C(=O)O)c(C)c3c4c2cc(C)n4CCN3c2ncc(CN3CCC3)cn2)cc1. The Kier molecular flexibility index (Phi) is 17.2. The lowest BCUT2D eigenvalue weighted by Gasteiger charge is -2.35. The van der Waals surface area contributed by atoms with E-state index in [1.54, 1.807) is 12.4 Å². The Morgan fingerprint density at radius 1 is 0.595 bits per heavy atom. The zero-order chi connectivity index (χ0) is 59.9. The van der Waals surface area contributed by atoms with Crippen molar-refractivity contribution < 1.29 is 34.0 Å². The summed E-state index contributed by atoms with van der Waals surface area (Å²) in [4.78, 5) is 51.8. The van der Waals surface area contributed by atoms with Crippen molar-refractivity contribution in [2.24, 2.45) is 0 Å². The summed E-state index contributed by atoms with van der Waals surface area (Å²) in [5, 5.41) is 25.2. The molecule has 8 heterocycles. The molecule has 0 radical (unpaired) electrons. The number of benzene rings is 4. The number of aromatic nitrogens is 6. The number of carbonyl (C=O) groups excluding carboxylic acids is 1. The maximum atomic E-state index is 13.4. The number of aliphatic hydroxyl groups excluding tert-OH is 1. The van der Waals surface area contributed by atoms with Crippen molar-refractivity contribution in [2.45, 2.75) is 146 Å². The van der Waals surface area contributed by atoms with Crippen molar-refractivity contribution in [1.82, 2.24) is 39.3 Å². The number of anilines is 4. The number of esters is 1. The minimum atomic E-state index is -1.15. The number of rotatable bonds is 13. The smallest absolute Gasteiger partial charge is 0.339 e. The Bertz CT molecular complexity index is 3700. The number of carbonyl (C=O) groups is 2. The van der Waals surface area contributed by atoms with E-state index in [-0.39, 0.29) is 6.61 Å². The molecule has 4 aromatic heterocycles. The van der Waals surface area contributed by atoms with Gasteiger partial charge in [0.15, 0.2) is 12.2 Å². The summed E-state index contributed by atoms with van der Waals surface area (Å²) in [6.07, 6.45) is 7.69. The molecule has 0 unspecified atom stereocenters. The summed E-state index contributed by atoms with van der Waals surface area (Å²) in [6, 6.07) is 21.1. The van der Waals surface area contributed by atoms with Crippen molar-refractivity contribution in [3.63, 3.8) is 0 Å². The van der Waals surface area contributed by atoms with Crippen LogP contribution in [-0.4, -0.2) is 114 Å². The van der Waals surface area contributed by atoms with Gasteiger partial charge in [0.2, 0.25) is 11.9 Å². The molecule has 17 nitrogen and oxygen atoms in total. The largest absolute Gasteiger partial charge is 0.479 e. The van der Waals surface area contributed by atoms with Gasteiger partial charge in [-0.15, -0.1) is 0 Å². The quantitative estimate of drug-likeness (QED) is 0.0925. The number of nitrogens with one attached hydrogen (secondary N) is 1. The lowest BCUT2D eigenvalue weighted by atomic mass is 9.87. The fourth-order valence-corrected chi connectivity index (χ4v) is 11.9. The Morgan fingerprint density at radius 3 is 1.36 bits per heavy atom. The van der Waals surface area contributed by atoms with Gasteiger partial charge in [0.1, 0.15) is 0 Å². The van der Waals surface area contributed by atoms with E-state index in [1.165, 1.54) is 33.0 Å². The molecule has 0 spiro atoms. The van der Waals surface area contributed by atoms with E-state index < -0.39 is 35.3 Å². The summed E-state index contributed by atoms with van der Waals surface area (Å²) in [6.45, 7) is 32.3. The number of aliphatic carboxylic acids is 1. The monoisotopic (exact) mass is 1140 g/mol. The second-order valence-electron chi connectivity index (χ2n) is 24.7. The second kappa shape index (κ2) is 24.2. The number of carboxylic acid groups (broad SMARTS) is 1. The first kappa shape index (κ1) is 59.6. The van der Waals surface area contributed by atoms with Crippen molar-refractivity contribution in [3.05, 3.63) is 141 Å². The fourth-order valence-electron chi connectivity index (χ4n) is 11.9. The van der Waals surface area contributed by atoms with Crippen LogP contribution in [0.5, 0.6) is 0 Å². The Balaban J connectivity index is 0.000000175. The van der Waals surface area contributed by atoms with Crippen molar-refractivity contribution in [2.75, 3.05) is 56.2 Å². The molecule has 4 aliphatic heterocycles. The second-order valence-corrected chi connectivity index (χ2v) is 24.7. The van der Waals surface area contributed by atoms with Gasteiger partial charge in [0.25, 0.3) is 0 Å². The zero-order valence-corrected chi connectivity index (χ0v) is 51.2. The van der Waals surface area contributed by atoms with Gasteiger partial charge in [-0.2, -0.15) is 0 Å². The first-order valence-corrected chi connectivity index (χ1v) is 29.4. The van der Waals surface area contributed by atoms with Crippen LogP contribution in [-0.2, 0) is 50.0 Å². The van der Waals surface area contributed by atoms with Gasteiger partial charge >= 0.3 is 11.9 Å². The number of hydrogen-bond donors (Lipinski definition) is 3. The molecule has 17 heteroatoms. The van der Waals surface area contributed by atoms with Gasteiger partial charge in [0, 0.05) is 102 Å². The molecule has 2 atom stereocenters. The van der Waals surface area contributed by atoms with Gasteiger partial charge in [-0.1, -0.05) is 59.7 Å². The number of aliphatic hydroxyl groups is 1. The molecule has 0 saturated carbocycles. The number of methoxy groups -OCH3 is 1. The molecule has 4 aliphatic rings. The van der Waals surface area contributed by atoms with Crippen LogP contribution in [0.15, 0.2) is 85.5 Å². The summed E-state index contributed by atoms with van der Waals surface area (Å²) in [7, 11) is 1.40. The van der Waals surface area contributed by atoms with Gasteiger partial charge in [-0.3, -0.25) is 4.90 Å². The van der Waals surface area contributed by atoms with E-state index in [1.807, 2.05) is 67.8 Å². The van der Waals surface area contributed by atoms with Crippen LogP contribution in [0.25, 0.3) is 44.1 Å². The molecule has 0 aliphatic carbocycles. The number of ether oxygens (including phenoxy) is 3. The molecule has 3 N–H and O–H groups in total. The van der Waals surface area contributed by atoms with Crippen molar-refractivity contribution in [1.29, 1.82) is 0 Å².